The summed E-state index contributed by atoms with van der Waals surface area (Å²) in [6.45, 7) is 3.21. The molecule has 1 saturated heterocycles. The van der Waals surface area contributed by atoms with Crippen LogP contribution in [0.25, 0.3) is 0 Å². The molecule has 1 aromatic carbocycles. The summed E-state index contributed by atoms with van der Waals surface area (Å²) in [6, 6.07) is 2.10. The Hall–Kier alpha value is -0.830. The van der Waals surface area contributed by atoms with Crippen LogP contribution in [-0.4, -0.2) is 38.4 Å². The van der Waals surface area contributed by atoms with Gasteiger partial charge in [0.15, 0.2) is 0 Å². The first kappa shape index (κ1) is 18.5. The molecule has 0 aliphatic carbocycles. The highest BCUT2D eigenvalue weighted by Crippen LogP contribution is 2.35. The Balaban J connectivity index is 2.48. The summed E-state index contributed by atoms with van der Waals surface area (Å²) in [6.07, 6.45) is -3.44. The fraction of sp³-hybridized carbons (Fsp3) is 0.571. The molecule has 130 valence electrons. The van der Waals surface area contributed by atoms with E-state index in [0.29, 0.717) is 32.0 Å². The van der Waals surface area contributed by atoms with Gasteiger partial charge in [-0.2, -0.15) is 17.5 Å². The highest BCUT2D eigenvalue weighted by atomic mass is 35.5. The van der Waals surface area contributed by atoms with Crippen LogP contribution in [0.4, 0.5) is 13.2 Å². The maximum absolute atomic E-state index is 12.9. The van der Waals surface area contributed by atoms with Crippen LogP contribution in [0.3, 0.4) is 0 Å². The largest absolute Gasteiger partial charge is 0.416 e. The van der Waals surface area contributed by atoms with Gasteiger partial charge in [-0.05, 0) is 37.6 Å². The zero-order chi connectivity index (χ0) is 17.3. The van der Waals surface area contributed by atoms with Gasteiger partial charge in [0.25, 0.3) is 0 Å². The van der Waals surface area contributed by atoms with Crippen molar-refractivity contribution in [2.45, 2.75) is 36.9 Å². The van der Waals surface area contributed by atoms with Crippen LogP contribution >= 0.6 is 11.6 Å². The monoisotopic (exact) mass is 370 g/mol. The van der Waals surface area contributed by atoms with Gasteiger partial charge in [-0.3, -0.25) is 0 Å². The quantitative estimate of drug-likeness (QED) is 0.866. The topological polar surface area (TPSA) is 49.4 Å². The lowest BCUT2D eigenvalue weighted by molar-refractivity contribution is -0.137. The molecule has 4 nitrogen and oxygen atoms in total. The van der Waals surface area contributed by atoms with Crippen molar-refractivity contribution in [3.05, 3.63) is 28.8 Å². The predicted molar refractivity (Wildman–Crippen MR) is 81.9 cm³/mol. The molecule has 1 heterocycles. The van der Waals surface area contributed by atoms with Gasteiger partial charge < -0.3 is 5.32 Å². The number of nitrogens with zero attached hydrogens (tertiary/aromatic N) is 1. The molecule has 1 aliphatic heterocycles. The van der Waals surface area contributed by atoms with Crippen molar-refractivity contribution < 1.29 is 21.6 Å². The van der Waals surface area contributed by atoms with Crippen LogP contribution in [0.15, 0.2) is 23.1 Å². The standard InChI is InChI=1S/C14H18ClF3N2O2S/c1-2-7-20(11-5-6-19-9-11)23(21,22)13-8-10(14(16,17)18)3-4-12(13)15/h3-4,8,11,19H,2,5-7,9H2,1H3. The first-order valence-electron chi connectivity index (χ1n) is 7.27. The van der Waals surface area contributed by atoms with E-state index in [9.17, 15) is 21.6 Å². The number of sulfonamides is 1. The molecule has 1 unspecified atom stereocenters. The molecular weight excluding hydrogens is 353 g/mol. The first-order valence-corrected chi connectivity index (χ1v) is 9.09. The van der Waals surface area contributed by atoms with Crippen molar-refractivity contribution in [1.29, 1.82) is 0 Å². The molecule has 0 spiro atoms. The van der Waals surface area contributed by atoms with E-state index in [1.165, 1.54) is 4.31 Å². The molecule has 0 amide bonds. The van der Waals surface area contributed by atoms with Crippen LogP contribution in [-0.2, 0) is 16.2 Å². The summed E-state index contributed by atoms with van der Waals surface area (Å²) >= 11 is 5.89. The third kappa shape index (κ3) is 3.99. The molecular formula is C14H18ClF3N2O2S. The van der Waals surface area contributed by atoms with Gasteiger partial charge in [0.05, 0.1) is 10.6 Å². The predicted octanol–water partition coefficient (Wildman–Crippen LogP) is 3.12. The van der Waals surface area contributed by atoms with Crippen LogP contribution in [0.5, 0.6) is 0 Å². The fourth-order valence-electron chi connectivity index (χ4n) is 2.61. The van der Waals surface area contributed by atoms with E-state index in [4.69, 9.17) is 11.6 Å². The first-order chi connectivity index (χ1) is 10.7. The van der Waals surface area contributed by atoms with Crippen molar-refractivity contribution in [1.82, 2.24) is 9.62 Å². The molecule has 1 atom stereocenters. The van der Waals surface area contributed by atoms with E-state index in [2.05, 4.69) is 5.32 Å². The third-order valence-electron chi connectivity index (χ3n) is 3.73. The highest BCUT2D eigenvalue weighted by Gasteiger charge is 2.37. The Morgan fingerprint density at radius 1 is 1.39 bits per heavy atom. The Morgan fingerprint density at radius 2 is 2.09 bits per heavy atom. The Labute approximate surface area is 138 Å². The highest BCUT2D eigenvalue weighted by molar-refractivity contribution is 7.89. The minimum atomic E-state index is -4.63. The Morgan fingerprint density at radius 3 is 2.61 bits per heavy atom. The average Bonchev–Trinajstić information content (AvgIpc) is 2.97. The number of halogens is 4. The second-order valence-corrected chi connectivity index (χ2v) is 7.67. The smallest absolute Gasteiger partial charge is 0.315 e. The second-order valence-electron chi connectivity index (χ2n) is 5.41. The lowest BCUT2D eigenvalue weighted by atomic mass is 10.2. The SMILES string of the molecule is CCCN(C1CCNC1)S(=O)(=O)c1cc(C(F)(F)F)ccc1Cl. The normalized spacial score (nSPS) is 19.5. The van der Waals surface area contributed by atoms with Crippen molar-refractivity contribution in [3.8, 4) is 0 Å². The van der Waals surface area contributed by atoms with Gasteiger partial charge in [0.1, 0.15) is 4.90 Å². The van der Waals surface area contributed by atoms with Gasteiger partial charge in [-0.1, -0.05) is 18.5 Å². The number of hydrogen-bond donors (Lipinski definition) is 1. The minimum Gasteiger partial charge on any atom is -0.315 e. The zero-order valence-electron chi connectivity index (χ0n) is 12.5. The summed E-state index contributed by atoms with van der Waals surface area (Å²) in [5, 5.41) is 2.86. The molecule has 9 heteroatoms. The number of hydrogen-bond acceptors (Lipinski definition) is 3. The molecule has 1 aromatic rings. The van der Waals surface area contributed by atoms with Gasteiger partial charge >= 0.3 is 6.18 Å². The molecule has 2 rings (SSSR count). The van der Waals surface area contributed by atoms with Crippen molar-refractivity contribution >= 4 is 21.6 Å². The van der Waals surface area contributed by atoms with E-state index < -0.39 is 26.7 Å². The van der Waals surface area contributed by atoms with E-state index in [1.54, 1.807) is 0 Å². The van der Waals surface area contributed by atoms with E-state index in [0.717, 1.165) is 12.1 Å². The van der Waals surface area contributed by atoms with Gasteiger partial charge in [0.2, 0.25) is 10.0 Å². The Bertz CT molecular complexity index is 658. The van der Waals surface area contributed by atoms with Crippen molar-refractivity contribution in [2.75, 3.05) is 19.6 Å². The summed E-state index contributed by atoms with van der Waals surface area (Å²) in [5.41, 5.74) is -1.03. The molecule has 1 fully saturated rings. The number of nitrogens with one attached hydrogen (secondary N) is 1. The molecule has 1 aliphatic rings. The van der Waals surface area contributed by atoms with Crippen LogP contribution < -0.4 is 5.32 Å². The summed E-state index contributed by atoms with van der Waals surface area (Å²) in [7, 11) is -4.10. The maximum atomic E-state index is 12.9. The maximum Gasteiger partial charge on any atom is 0.416 e. The zero-order valence-corrected chi connectivity index (χ0v) is 14.1. The van der Waals surface area contributed by atoms with E-state index in [1.807, 2.05) is 6.92 Å². The number of rotatable bonds is 5. The van der Waals surface area contributed by atoms with Crippen LogP contribution in [0.1, 0.15) is 25.3 Å². The second kappa shape index (κ2) is 6.96. The van der Waals surface area contributed by atoms with Gasteiger partial charge in [-0.15, -0.1) is 0 Å². The summed E-state index contributed by atoms with van der Waals surface area (Å²) in [5.74, 6) is 0. The number of benzene rings is 1. The average molecular weight is 371 g/mol. The molecule has 0 radical (unpaired) electrons. The molecule has 0 aromatic heterocycles. The summed E-state index contributed by atoms with van der Waals surface area (Å²) in [4.78, 5) is -0.491. The summed E-state index contributed by atoms with van der Waals surface area (Å²) < 4.78 is 65.6. The lowest BCUT2D eigenvalue weighted by Gasteiger charge is -2.28. The minimum absolute atomic E-state index is 0.204. The van der Waals surface area contributed by atoms with Gasteiger partial charge in [0, 0.05) is 19.1 Å². The molecule has 1 N–H and O–H groups in total. The van der Waals surface area contributed by atoms with Crippen LogP contribution in [0, 0.1) is 0 Å². The molecule has 0 saturated carbocycles. The van der Waals surface area contributed by atoms with E-state index >= 15 is 0 Å². The van der Waals surface area contributed by atoms with Crippen molar-refractivity contribution in [3.63, 3.8) is 0 Å². The fourth-order valence-corrected chi connectivity index (χ4v) is 4.86. The number of alkyl halides is 3. The molecule has 23 heavy (non-hydrogen) atoms. The third-order valence-corrected chi connectivity index (χ3v) is 6.16. The lowest BCUT2D eigenvalue weighted by Crippen LogP contribution is -2.42. The Kier molecular flexibility index (Phi) is 5.60. The van der Waals surface area contributed by atoms with Crippen LogP contribution in [0.2, 0.25) is 5.02 Å². The van der Waals surface area contributed by atoms with E-state index in [-0.39, 0.29) is 17.6 Å². The van der Waals surface area contributed by atoms with Crippen molar-refractivity contribution in [2.24, 2.45) is 0 Å². The van der Waals surface area contributed by atoms with Gasteiger partial charge in [-0.25, -0.2) is 8.42 Å². The molecule has 0 bridgehead atoms.